The highest BCUT2D eigenvalue weighted by Gasteiger charge is 2.17. The summed E-state index contributed by atoms with van der Waals surface area (Å²) in [5.41, 5.74) is 9.87. The molecule has 0 fully saturated rings. The first-order chi connectivity index (χ1) is 12.7. The Morgan fingerprint density at radius 3 is 1.03 bits per heavy atom. The molecule has 30 heavy (non-hydrogen) atoms. The zero-order valence-electron chi connectivity index (χ0n) is 18.5. The molecule has 4 nitrogen and oxygen atoms in total. The molecule has 0 amide bonds. The summed E-state index contributed by atoms with van der Waals surface area (Å²) in [6.45, 7) is 13.2. The smallest absolute Gasteiger partial charge is 0.145 e. The van der Waals surface area contributed by atoms with Gasteiger partial charge >= 0.3 is 0 Å². The Morgan fingerprint density at radius 1 is 0.533 bits per heavy atom. The molecular weight excluding hydrogens is 376 g/mol. The van der Waals surface area contributed by atoms with E-state index in [1.807, 2.05) is 0 Å². The molecule has 0 bridgehead atoms. The van der Waals surface area contributed by atoms with Crippen molar-refractivity contribution in [1.29, 1.82) is 0 Å². The van der Waals surface area contributed by atoms with Gasteiger partial charge in [-0.1, -0.05) is 22.3 Å². The lowest BCUT2D eigenvalue weighted by Gasteiger charge is -2.20. The zero-order valence-corrected chi connectivity index (χ0v) is 18.5. The minimum Gasteiger partial charge on any atom is -0.496 e. The van der Waals surface area contributed by atoms with E-state index in [9.17, 15) is 0 Å². The molecular formula is C26H46O4. The Hall–Kier alpha value is -2.04. The fourth-order valence-electron chi connectivity index (χ4n) is 3.42. The molecule has 0 N–H and O–H groups in total. The maximum Gasteiger partial charge on any atom is 0.145 e. The summed E-state index contributed by atoms with van der Waals surface area (Å²) in [7, 11) is 6.65. The second-order valence-corrected chi connectivity index (χ2v) is 6.74. The lowest BCUT2D eigenvalue weighted by Crippen LogP contribution is -2.00. The number of rotatable bonds is 5. The van der Waals surface area contributed by atoms with Gasteiger partial charge in [-0.15, -0.1) is 0 Å². The highest BCUT2D eigenvalue weighted by molar-refractivity contribution is 5.77. The summed E-state index contributed by atoms with van der Waals surface area (Å²) in [4.78, 5) is 0. The van der Waals surface area contributed by atoms with Crippen LogP contribution in [0, 0.1) is 41.5 Å². The molecule has 2 aromatic carbocycles. The predicted molar refractivity (Wildman–Crippen MR) is 132 cm³/mol. The van der Waals surface area contributed by atoms with Crippen molar-refractivity contribution in [3.05, 3.63) is 45.5 Å². The number of methoxy groups -OCH3 is 4. The van der Waals surface area contributed by atoms with Gasteiger partial charge in [-0.05, 0) is 98.2 Å². The van der Waals surface area contributed by atoms with Gasteiger partial charge in [0.2, 0.25) is 0 Å². The molecule has 0 aromatic heterocycles. The van der Waals surface area contributed by atoms with Crippen LogP contribution in [0.1, 0.15) is 55.7 Å². The Bertz CT molecular complexity index is 714. The van der Waals surface area contributed by atoms with E-state index < -0.39 is 0 Å². The summed E-state index contributed by atoms with van der Waals surface area (Å²) < 4.78 is 20.0. The van der Waals surface area contributed by atoms with Gasteiger partial charge in [0.05, 0.1) is 14.2 Å². The largest absolute Gasteiger partial charge is 0.496 e. The fraction of sp³-hybridized carbons (Fsp3) is 0.538. The summed E-state index contributed by atoms with van der Waals surface area (Å²) >= 11 is 0. The summed E-state index contributed by atoms with van der Waals surface area (Å²) in [5, 5.41) is 0. The van der Waals surface area contributed by atoms with Gasteiger partial charge in [0.25, 0.3) is 0 Å². The van der Waals surface area contributed by atoms with Crippen molar-refractivity contribution in [2.45, 2.75) is 63.8 Å². The van der Waals surface area contributed by atoms with Crippen molar-refractivity contribution in [2.75, 3.05) is 35.2 Å². The molecule has 0 saturated carbocycles. The summed E-state index contributed by atoms with van der Waals surface area (Å²) in [6, 6.07) is 4.46. The fourth-order valence-corrected chi connectivity index (χ4v) is 3.42. The molecule has 0 spiro atoms. The Balaban J connectivity index is -0.000000819. The maximum atomic E-state index is 5.54. The van der Waals surface area contributed by atoms with E-state index in [0.29, 0.717) is 6.79 Å². The molecule has 0 atom stereocenters. The first-order valence-corrected chi connectivity index (χ1v) is 9.02. The van der Waals surface area contributed by atoms with Crippen LogP contribution >= 0.6 is 0 Å². The van der Waals surface area contributed by atoms with E-state index in [4.69, 9.17) is 9.47 Å². The molecule has 174 valence electrons. The molecule has 0 aliphatic carbocycles. The van der Waals surface area contributed by atoms with Gasteiger partial charge in [0.15, 0.2) is 0 Å². The van der Waals surface area contributed by atoms with Crippen LogP contribution in [0.25, 0.3) is 11.1 Å². The van der Waals surface area contributed by atoms with Gasteiger partial charge in [-0.3, -0.25) is 0 Å². The number of benzene rings is 2. The van der Waals surface area contributed by atoms with Crippen LogP contribution < -0.4 is 9.47 Å². The third-order valence-electron chi connectivity index (χ3n) is 4.99. The number of hydrogen-bond acceptors (Lipinski definition) is 4. The highest BCUT2D eigenvalue weighted by Crippen LogP contribution is 2.39. The number of ether oxygens (including phenoxy) is 4. The molecule has 0 unspecified atom stereocenters. The second-order valence-electron chi connectivity index (χ2n) is 6.74. The Kier molecular flexibility index (Phi) is 16.2. The van der Waals surface area contributed by atoms with E-state index in [1.165, 1.54) is 44.5 Å². The van der Waals surface area contributed by atoms with Crippen molar-refractivity contribution in [3.63, 3.8) is 0 Å². The third kappa shape index (κ3) is 7.03. The maximum absolute atomic E-state index is 5.54. The van der Waals surface area contributed by atoms with E-state index in [2.05, 4.69) is 63.1 Å². The van der Waals surface area contributed by atoms with Crippen molar-refractivity contribution in [2.24, 2.45) is 0 Å². The minimum absolute atomic E-state index is 0. The Morgan fingerprint density at radius 2 is 0.833 bits per heavy atom. The number of hydrogen-bond donors (Lipinski definition) is 0. The van der Waals surface area contributed by atoms with Gasteiger partial charge in [0.1, 0.15) is 18.3 Å². The SMILES string of the molecule is C.C.C.COCOC.COc1c(C)cc(-c2cc(C)c(OC)c(C)c2C)c(C)c1C. The summed E-state index contributed by atoms with van der Waals surface area (Å²) in [6.07, 6.45) is 0. The molecule has 0 heterocycles. The van der Waals surface area contributed by atoms with Gasteiger partial charge in [-0.2, -0.15) is 0 Å². The zero-order chi connectivity index (χ0) is 20.7. The summed E-state index contributed by atoms with van der Waals surface area (Å²) in [5.74, 6) is 1.97. The van der Waals surface area contributed by atoms with Crippen molar-refractivity contribution in [3.8, 4) is 22.6 Å². The van der Waals surface area contributed by atoms with E-state index in [-0.39, 0.29) is 22.3 Å². The minimum atomic E-state index is 0. The van der Waals surface area contributed by atoms with Gasteiger partial charge < -0.3 is 18.9 Å². The predicted octanol–water partition coefficient (Wildman–Crippen LogP) is 7.37. The molecule has 4 heteroatoms. The van der Waals surface area contributed by atoms with E-state index in [0.717, 1.165) is 11.5 Å². The monoisotopic (exact) mass is 422 g/mol. The normalized spacial score (nSPS) is 9.27. The van der Waals surface area contributed by atoms with Crippen molar-refractivity contribution in [1.82, 2.24) is 0 Å². The van der Waals surface area contributed by atoms with Crippen LogP contribution in [0.2, 0.25) is 0 Å². The number of aryl methyl sites for hydroxylation is 2. The average molecular weight is 423 g/mol. The highest BCUT2D eigenvalue weighted by atomic mass is 16.6. The lowest BCUT2D eigenvalue weighted by atomic mass is 9.88. The second kappa shape index (κ2) is 14.9. The van der Waals surface area contributed by atoms with Crippen LogP contribution in [-0.4, -0.2) is 35.2 Å². The lowest BCUT2D eigenvalue weighted by molar-refractivity contribution is -0.00272. The van der Waals surface area contributed by atoms with Crippen molar-refractivity contribution < 1.29 is 18.9 Å². The van der Waals surface area contributed by atoms with E-state index >= 15 is 0 Å². The molecule has 0 aliphatic heterocycles. The van der Waals surface area contributed by atoms with Crippen LogP contribution in [0.15, 0.2) is 12.1 Å². The first kappa shape index (κ1) is 32.6. The molecule has 0 aliphatic rings. The third-order valence-corrected chi connectivity index (χ3v) is 4.99. The van der Waals surface area contributed by atoms with Crippen LogP contribution in [0.5, 0.6) is 11.5 Å². The van der Waals surface area contributed by atoms with E-state index in [1.54, 1.807) is 28.4 Å². The standard InChI is InChI=1S/C20H26O2.C3H8O2.3CH4/c1-11-9-17(13(3)15(5)19(11)21-7)18-10-12(2)20(22-8)16(6)14(18)4;1-4-3-5-2;;;/h9-10H,1-8H3;3H2,1-2H3;3*1H4. The van der Waals surface area contributed by atoms with Crippen LogP contribution in [0.4, 0.5) is 0 Å². The Labute approximate surface area is 186 Å². The average Bonchev–Trinajstić information content (AvgIpc) is 2.63. The molecule has 2 rings (SSSR count). The van der Waals surface area contributed by atoms with Gasteiger partial charge in [0, 0.05) is 14.2 Å². The topological polar surface area (TPSA) is 36.9 Å². The molecule has 2 aromatic rings. The molecule has 0 radical (unpaired) electrons. The van der Waals surface area contributed by atoms with Crippen molar-refractivity contribution >= 4 is 0 Å². The molecule has 0 saturated heterocycles. The van der Waals surface area contributed by atoms with Gasteiger partial charge in [-0.25, -0.2) is 0 Å². The van der Waals surface area contributed by atoms with Crippen LogP contribution in [0.3, 0.4) is 0 Å². The first-order valence-electron chi connectivity index (χ1n) is 9.02. The van der Waals surface area contributed by atoms with Crippen LogP contribution in [-0.2, 0) is 9.47 Å². The quantitative estimate of drug-likeness (QED) is 0.471.